The molecule has 9 nitrogen and oxygen atoms in total. The van der Waals surface area contributed by atoms with E-state index in [1.165, 1.54) is 0 Å². The first-order valence-electron chi connectivity index (χ1n) is 9.92. The van der Waals surface area contributed by atoms with Gasteiger partial charge in [0.25, 0.3) is 0 Å². The van der Waals surface area contributed by atoms with Crippen molar-refractivity contribution in [1.82, 2.24) is 29.5 Å². The number of nitrogen functional groups attached to an aromatic ring is 1. The highest BCUT2D eigenvalue weighted by Gasteiger charge is 2.46. The number of hydrogen-bond donors (Lipinski definition) is 1. The molecule has 31 heavy (non-hydrogen) atoms. The zero-order chi connectivity index (χ0) is 21.6. The molecule has 0 spiro atoms. The van der Waals surface area contributed by atoms with Crippen molar-refractivity contribution < 1.29 is 0 Å². The van der Waals surface area contributed by atoms with Crippen LogP contribution in [-0.2, 0) is 12.6 Å². The molecule has 2 N–H and O–H groups in total. The molecule has 0 amide bonds. The molecule has 0 aliphatic heterocycles. The molecule has 1 aliphatic rings. The van der Waals surface area contributed by atoms with E-state index < -0.39 is 5.54 Å². The summed E-state index contributed by atoms with van der Waals surface area (Å²) in [5.41, 5.74) is 8.98. The summed E-state index contributed by atoms with van der Waals surface area (Å²) in [7, 11) is 1.78. The predicted molar refractivity (Wildman–Crippen MR) is 114 cm³/mol. The number of nitrogens with zero attached hydrogens (tertiary/aromatic N) is 8. The molecule has 1 fully saturated rings. The number of hydrogen-bond acceptors (Lipinski definition) is 7. The fraction of sp³-hybridized carbons (Fsp3) is 0.273. The van der Waals surface area contributed by atoms with Crippen molar-refractivity contribution in [2.45, 2.75) is 24.8 Å². The van der Waals surface area contributed by atoms with Crippen molar-refractivity contribution in [3.05, 3.63) is 42.7 Å². The van der Waals surface area contributed by atoms with Gasteiger partial charge in [-0.05, 0) is 37.1 Å². The van der Waals surface area contributed by atoms with Gasteiger partial charge < -0.3 is 5.73 Å². The molecular weight excluding hydrogens is 390 g/mol. The summed E-state index contributed by atoms with van der Waals surface area (Å²) in [4.78, 5) is 9.34. The van der Waals surface area contributed by atoms with Gasteiger partial charge in [0.1, 0.15) is 22.9 Å². The smallest absolute Gasteiger partial charge is 0.122 e. The van der Waals surface area contributed by atoms with Crippen molar-refractivity contribution in [2.75, 3.05) is 5.73 Å². The van der Waals surface area contributed by atoms with E-state index in [2.05, 4.69) is 22.2 Å². The van der Waals surface area contributed by atoms with Gasteiger partial charge in [0.2, 0.25) is 0 Å². The molecule has 9 heteroatoms. The Bertz CT molecular complexity index is 1360. The van der Waals surface area contributed by atoms with Crippen LogP contribution in [0.2, 0.25) is 0 Å². The summed E-state index contributed by atoms with van der Waals surface area (Å²) >= 11 is 0. The van der Waals surface area contributed by atoms with E-state index in [0.717, 1.165) is 10.9 Å². The van der Waals surface area contributed by atoms with E-state index in [0.29, 0.717) is 47.9 Å². The summed E-state index contributed by atoms with van der Waals surface area (Å²) in [6.45, 7) is 0. The summed E-state index contributed by atoms with van der Waals surface area (Å²) in [6, 6.07) is 13.9. The minimum atomic E-state index is -0.436. The quantitative estimate of drug-likeness (QED) is 0.547. The van der Waals surface area contributed by atoms with Crippen LogP contribution in [0.15, 0.2) is 42.7 Å². The van der Waals surface area contributed by atoms with Gasteiger partial charge >= 0.3 is 0 Å². The topological polar surface area (TPSA) is 135 Å². The number of rotatable bonds is 4. The molecule has 0 atom stereocenters. The second kappa shape index (κ2) is 6.92. The molecule has 4 heterocycles. The van der Waals surface area contributed by atoms with Crippen LogP contribution in [0, 0.1) is 28.6 Å². The van der Waals surface area contributed by atoms with Gasteiger partial charge in [0.15, 0.2) is 0 Å². The lowest BCUT2D eigenvalue weighted by Gasteiger charge is -2.43. The highest BCUT2D eigenvalue weighted by Crippen LogP contribution is 2.46. The standard InChI is InChI=1S/C22H19N9/c1-30-20(25)10-19(28-30)18-9-17-15(3-2-7-26-17)21(27-18)16-4-8-31(29-16)22(5-6-23)11-14(12-22)13-24/h2-4,7-10,14H,5,11-12,25H2,1H3/t14-,22+. The molecule has 4 aromatic rings. The Morgan fingerprint density at radius 3 is 2.71 bits per heavy atom. The molecule has 0 bridgehead atoms. The van der Waals surface area contributed by atoms with E-state index in [1.807, 2.05) is 35.1 Å². The van der Waals surface area contributed by atoms with Crippen LogP contribution >= 0.6 is 0 Å². The molecule has 1 saturated carbocycles. The van der Waals surface area contributed by atoms with E-state index >= 15 is 0 Å². The summed E-state index contributed by atoms with van der Waals surface area (Å²) in [5.74, 6) is 0.501. The monoisotopic (exact) mass is 409 g/mol. The number of nitriles is 2. The van der Waals surface area contributed by atoms with Gasteiger partial charge in [-0.2, -0.15) is 20.7 Å². The van der Waals surface area contributed by atoms with Crippen molar-refractivity contribution >= 4 is 16.7 Å². The maximum atomic E-state index is 9.33. The normalized spacial score (nSPS) is 20.2. The van der Waals surface area contributed by atoms with Gasteiger partial charge in [-0.25, -0.2) is 4.98 Å². The van der Waals surface area contributed by atoms with Crippen LogP contribution in [0.25, 0.3) is 33.7 Å². The number of anilines is 1. The lowest BCUT2D eigenvalue weighted by molar-refractivity contribution is 0.0884. The largest absolute Gasteiger partial charge is 0.384 e. The fourth-order valence-electron chi connectivity index (χ4n) is 4.23. The lowest BCUT2D eigenvalue weighted by atomic mass is 9.67. The Balaban J connectivity index is 1.62. The molecule has 1 aliphatic carbocycles. The number of pyridine rings is 2. The average Bonchev–Trinajstić information content (AvgIpc) is 3.37. The molecule has 0 unspecified atom stereocenters. The maximum absolute atomic E-state index is 9.33. The highest BCUT2D eigenvalue weighted by atomic mass is 15.3. The Morgan fingerprint density at radius 1 is 1.16 bits per heavy atom. The zero-order valence-corrected chi connectivity index (χ0v) is 16.9. The predicted octanol–water partition coefficient (Wildman–Crippen LogP) is 3.02. The Morgan fingerprint density at radius 2 is 2.00 bits per heavy atom. The molecule has 0 aromatic carbocycles. The van der Waals surface area contributed by atoms with Crippen LogP contribution in [-0.4, -0.2) is 29.5 Å². The zero-order valence-electron chi connectivity index (χ0n) is 16.9. The third-order valence-corrected chi connectivity index (χ3v) is 5.94. The van der Waals surface area contributed by atoms with Crippen LogP contribution in [0.4, 0.5) is 5.82 Å². The lowest BCUT2D eigenvalue weighted by Crippen LogP contribution is -2.46. The van der Waals surface area contributed by atoms with Gasteiger partial charge in [-0.3, -0.25) is 14.3 Å². The third kappa shape index (κ3) is 2.99. The van der Waals surface area contributed by atoms with Gasteiger partial charge in [-0.1, -0.05) is 0 Å². The van der Waals surface area contributed by atoms with Gasteiger partial charge in [-0.15, -0.1) is 0 Å². The molecule has 4 aromatic heterocycles. The highest BCUT2D eigenvalue weighted by molar-refractivity contribution is 5.93. The van der Waals surface area contributed by atoms with Crippen LogP contribution < -0.4 is 5.73 Å². The van der Waals surface area contributed by atoms with E-state index in [4.69, 9.17) is 15.8 Å². The van der Waals surface area contributed by atoms with Crippen molar-refractivity contribution in [3.8, 4) is 34.9 Å². The first kappa shape index (κ1) is 18.8. The van der Waals surface area contributed by atoms with Gasteiger partial charge in [0.05, 0.1) is 41.2 Å². The summed E-state index contributed by atoms with van der Waals surface area (Å²) in [6.07, 6.45) is 5.17. The maximum Gasteiger partial charge on any atom is 0.122 e. The summed E-state index contributed by atoms with van der Waals surface area (Å²) in [5, 5.41) is 28.6. The molecule has 0 saturated heterocycles. The van der Waals surface area contributed by atoms with E-state index in [-0.39, 0.29) is 5.92 Å². The van der Waals surface area contributed by atoms with Crippen LogP contribution in [0.3, 0.4) is 0 Å². The van der Waals surface area contributed by atoms with E-state index in [9.17, 15) is 10.5 Å². The summed E-state index contributed by atoms with van der Waals surface area (Å²) < 4.78 is 3.43. The Hall–Kier alpha value is -4.24. The number of nitrogens with two attached hydrogens (primary N) is 1. The SMILES string of the molecule is Cn1nc(-c2cc3ncccc3c(-c3ccn([C@]4(CC#N)C[C@H](C#N)C4)n3)n2)cc1N. The second-order valence-electron chi connectivity index (χ2n) is 7.94. The minimum absolute atomic E-state index is 0.0397. The fourth-order valence-corrected chi connectivity index (χ4v) is 4.23. The van der Waals surface area contributed by atoms with Crippen molar-refractivity contribution in [3.63, 3.8) is 0 Å². The van der Waals surface area contributed by atoms with Crippen molar-refractivity contribution in [1.29, 1.82) is 10.5 Å². The third-order valence-electron chi connectivity index (χ3n) is 5.94. The number of aryl methyl sites for hydroxylation is 1. The number of aromatic nitrogens is 6. The first-order chi connectivity index (χ1) is 15.0. The number of fused-ring (bicyclic) bond motifs is 1. The van der Waals surface area contributed by atoms with Crippen molar-refractivity contribution in [2.24, 2.45) is 13.0 Å². The van der Waals surface area contributed by atoms with Crippen LogP contribution in [0.5, 0.6) is 0 Å². The molecule has 0 radical (unpaired) electrons. The van der Waals surface area contributed by atoms with E-state index in [1.54, 1.807) is 24.0 Å². The molecule has 152 valence electrons. The molecule has 5 rings (SSSR count). The first-order valence-corrected chi connectivity index (χ1v) is 9.92. The molecular formula is C22H19N9. The Labute approximate surface area is 178 Å². The minimum Gasteiger partial charge on any atom is -0.384 e. The van der Waals surface area contributed by atoms with Gasteiger partial charge in [0, 0.05) is 30.9 Å². The second-order valence-corrected chi connectivity index (χ2v) is 7.94. The van der Waals surface area contributed by atoms with Crippen LogP contribution in [0.1, 0.15) is 19.3 Å². The average molecular weight is 409 g/mol. The Kier molecular flexibility index (Phi) is 4.19.